The third-order valence-corrected chi connectivity index (χ3v) is 4.05. The maximum absolute atomic E-state index is 13.1. The lowest BCUT2D eigenvalue weighted by molar-refractivity contribution is 0.102. The van der Waals surface area contributed by atoms with Crippen molar-refractivity contribution in [3.05, 3.63) is 63.0 Å². The average Bonchev–Trinajstić information content (AvgIpc) is 2.37. The van der Waals surface area contributed by atoms with Gasteiger partial charge in [-0.1, -0.05) is 39.0 Å². The maximum Gasteiger partial charge on any atom is 0.256 e. The lowest BCUT2D eigenvalue weighted by Crippen LogP contribution is -2.19. The van der Waals surface area contributed by atoms with E-state index in [1.54, 1.807) is 0 Å². The second-order valence-corrected chi connectivity index (χ2v) is 7.04. The summed E-state index contributed by atoms with van der Waals surface area (Å²) < 4.78 is 13.7. The lowest BCUT2D eigenvalue weighted by Gasteiger charge is -2.23. The Labute approximate surface area is 137 Å². The minimum atomic E-state index is -0.342. The molecule has 0 aliphatic rings. The Kier molecular flexibility index (Phi) is 4.66. The molecule has 2 nitrogen and oxygen atoms in total. The molecule has 0 radical (unpaired) electrons. The highest BCUT2D eigenvalue weighted by atomic mass is 127. The van der Waals surface area contributed by atoms with Crippen molar-refractivity contribution in [3.8, 4) is 0 Å². The summed E-state index contributed by atoms with van der Waals surface area (Å²) in [5.74, 6) is -0.567. The standard InChI is InChI=1S/C17H17FINO/c1-17(2,3)13-6-4-5-7-15(13)20-16(21)12-9-8-11(18)10-14(12)19/h4-10H,1-3H3,(H,20,21). The highest BCUT2D eigenvalue weighted by Gasteiger charge is 2.19. The topological polar surface area (TPSA) is 29.1 Å². The van der Waals surface area contributed by atoms with Crippen molar-refractivity contribution in [3.63, 3.8) is 0 Å². The van der Waals surface area contributed by atoms with E-state index in [0.29, 0.717) is 9.13 Å². The molecule has 0 fully saturated rings. The van der Waals surface area contributed by atoms with Crippen LogP contribution in [0.3, 0.4) is 0 Å². The summed E-state index contributed by atoms with van der Waals surface area (Å²) in [6.45, 7) is 6.29. The Hall–Kier alpha value is -1.43. The molecule has 4 heteroatoms. The Morgan fingerprint density at radius 3 is 2.43 bits per heavy atom. The lowest BCUT2D eigenvalue weighted by atomic mass is 9.86. The molecule has 0 aliphatic carbocycles. The molecular weight excluding hydrogens is 380 g/mol. The number of nitrogens with one attached hydrogen (secondary N) is 1. The summed E-state index contributed by atoms with van der Waals surface area (Å²) in [7, 11) is 0. The number of carbonyl (C=O) groups excluding carboxylic acids is 1. The zero-order valence-corrected chi connectivity index (χ0v) is 14.4. The molecule has 2 aromatic carbocycles. The molecule has 0 saturated carbocycles. The van der Waals surface area contributed by atoms with Gasteiger partial charge in [0.2, 0.25) is 0 Å². The van der Waals surface area contributed by atoms with E-state index in [1.807, 2.05) is 46.9 Å². The van der Waals surface area contributed by atoms with Gasteiger partial charge < -0.3 is 5.32 Å². The molecule has 1 amide bonds. The van der Waals surface area contributed by atoms with E-state index in [-0.39, 0.29) is 17.1 Å². The second-order valence-electron chi connectivity index (χ2n) is 5.87. The first-order valence-electron chi connectivity index (χ1n) is 6.65. The highest BCUT2D eigenvalue weighted by molar-refractivity contribution is 14.1. The van der Waals surface area contributed by atoms with Crippen LogP contribution >= 0.6 is 22.6 Å². The molecule has 0 spiro atoms. The number of halogens is 2. The summed E-state index contributed by atoms with van der Waals surface area (Å²) in [5, 5.41) is 2.93. The molecule has 0 heterocycles. The van der Waals surface area contributed by atoms with E-state index in [4.69, 9.17) is 0 Å². The smallest absolute Gasteiger partial charge is 0.256 e. The van der Waals surface area contributed by atoms with Crippen molar-refractivity contribution in [2.45, 2.75) is 26.2 Å². The number of hydrogen-bond acceptors (Lipinski definition) is 1. The van der Waals surface area contributed by atoms with E-state index < -0.39 is 0 Å². The van der Waals surface area contributed by atoms with Gasteiger partial charge in [-0.05, 0) is 57.8 Å². The minimum absolute atomic E-state index is 0.0696. The van der Waals surface area contributed by atoms with Crippen molar-refractivity contribution in [2.24, 2.45) is 0 Å². The van der Waals surface area contributed by atoms with Crippen LogP contribution in [-0.4, -0.2) is 5.91 Å². The highest BCUT2D eigenvalue weighted by Crippen LogP contribution is 2.29. The van der Waals surface area contributed by atoms with Crippen LogP contribution < -0.4 is 5.32 Å². The van der Waals surface area contributed by atoms with Gasteiger partial charge in [0.25, 0.3) is 5.91 Å². The van der Waals surface area contributed by atoms with Crippen LogP contribution in [-0.2, 0) is 5.41 Å². The average molecular weight is 397 g/mol. The van der Waals surface area contributed by atoms with Gasteiger partial charge in [-0.3, -0.25) is 4.79 Å². The van der Waals surface area contributed by atoms with E-state index in [1.165, 1.54) is 18.2 Å². The van der Waals surface area contributed by atoms with Crippen molar-refractivity contribution in [1.82, 2.24) is 0 Å². The zero-order valence-electron chi connectivity index (χ0n) is 12.2. The predicted molar refractivity (Wildman–Crippen MR) is 92.2 cm³/mol. The molecule has 0 unspecified atom stereocenters. The number of amides is 1. The second kappa shape index (κ2) is 6.13. The van der Waals surface area contributed by atoms with Crippen LogP contribution in [0.1, 0.15) is 36.7 Å². The zero-order chi connectivity index (χ0) is 15.6. The fourth-order valence-corrected chi connectivity index (χ4v) is 2.83. The summed E-state index contributed by atoms with van der Waals surface area (Å²) in [6, 6.07) is 11.9. The van der Waals surface area contributed by atoms with Crippen LogP contribution in [0.5, 0.6) is 0 Å². The van der Waals surface area contributed by atoms with E-state index in [0.717, 1.165) is 11.3 Å². The normalized spacial score (nSPS) is 11.3. The van der Waals surface area contributed by atoms with Crippen molar-refractivity contribution in [1.29, 1.82) is 0 Å². The van der Waals surface area contributed by atoms with Gasteiger partial charge >= 0.3 is 0 Å². The van der Waals surface area contributed by atoms with Crippen molar-refractivity contribution in [2.75, 3.05) is 5.32 Å². The molecule has 2 aromatic rings. The fourth-order valence-electron chi connectivity index (χ4n) is 2.11. The molecule has 0 bridgehead atoms. The number of carbonyl (C=O) groups is 1. The molecule has 0 saturated heterocycles. The molecule has 2 rings (SSSR count). The van der Waals surface area contributed by atoms with Gasteiger partial charge in [0, 0.05) is 9.26 Å². The van der Waals surface area contributed by atoms with Crippen LogP contribution in [0, 0.1) is 9.39 Å². The maximum atomic E-state index is 13.1. The first-order valence-corrected chi connectivity index (χ1v) is 7.73. The Balaban J connectivity index is 2.32. The SMILES string of the molecule is CC(C)(C)c1ccccc1NC(=O)c1ccc(F)cc1I. The van der Waals surface area contributed by atoms with Crippen molar-refractivity contribution >= 4 is 34.2 Å². The summed E-state index contributed by atoms with van der Waals surface area (Å²) in [5.41, 5.74) is 2.26. The fraction of sp³-hybridized carbons (Fsp3) is 0.235. The molecular formula is C17H17FINO. The van der Waals surface area contributed by atoms with Gasteiger partial charge in [0.15, 0.2) is 0 Å². The van der Waals surface area contributed by atoms with E-state index in [9.17, 15) is 9.18 Å². The minimum Gasteiger partial charge on any atom is -0.322 e. The number of benzene rings is 2. The molecule has 1 N–H and O–H groups in total. The van der Waals surface area contributed by atoms with Gasteiger partial charge in [0.05, 0.1) is 5.56 Å². The quantitative estimate of drug-likeness (QED) is 0.712. The number of anilines is 1. The monoisotopic (exact) mass is 397 g/mol. The van der Waals surface area contributed by atoms with E-state index in [2.05, 4.69) is 26.1 Å². The first kappa shape index (κ1) is 15.9. The summed E-state index contributed by atoms with van der Waals surface area (Å²) >= 11 is 1.97. The third kappa shape index (κ3) is 3.81. The van der Waals surface area contributed by atoms with Gasteiger partial charge in [-0.25, -0.2) is 4.39 Å². The largest absolute Gasteiger partial charge is 0.322 e. The van der Waals surface area contributed by atoms with E-state index >= 15 is 0 Å². The van der Waals surface area contributed by atoms with Gasteiger partial charge in [0.1, 0.15) is 5.82 Å². The number of rotatable bonds is 2. The molecule has 0 aliphatic heterocycles. The third-order valence-electron chi connectivity index (χ3n) is 3.16. The Morgan fingerprint density at radius 1 is 1.14 bits per heavy atom. The predicted octanol–water partition coefficient (Wildman–Crippen LogP) is 4.98. The van der Waals surface area contributed by atoms with Crippen LogP contribution in [0.4, 0.5) is 10.1 Å². The number of para-hydroxylation sites is 1. The van der Waals surface area contributed by atoms with Gasteiger partial charge in [-0.2, -0.15) is 0 Å². The Morgan fingerprint density at radius 2 is 1.81 bits per heavy atom. The Bertz CT molecular complexity index is 677. The summed E-state index contributed by atoms with van der Waals surface area (Å²) in [6.07, 6.45) is 0. The summed E-state index contributed by atoms with van der Waals surface area (Å²) in [4.78, 5) is 12.4. The molecule has 0 aromatic heterocycles. The van der Waals surface area contributed by atoms with Gasteiger partial charge in [-0.15, -0.1) is 0 Å². The molecule has 110 valence electrons. The van der Waals surface area contributed by atoms with Crippen LogP contribution in [0.2, 0.25) is 0 Å². The van der Waals surface area contributed by atoms with Crippen LogP contribution in [0.25, 0.3) is 0 Å². The number of hydrogen-bond donors (Lipinski definition) is 1. The molecule has 0 atom stereocenters. The van der Waals surface area contributed by atoms with Crippen LogP contribution in [0.15, 0.2) is 42.5 Å². The van der Waals surface area contributed by atoms with Crippen molar-refractivity contribution < 1.29 is 9.18 Å². The molecule has 21 heavy (non-hydrogen) atoms. The first-order chi connectivity index (χ1) is 9.79.